The van der Waals surface area contributed by atoms with E-state index in [0.29, 0.717) is 0 Å². The number of halogens is 2. The Morgan fingerprint density at radius 3 is 1.36 bits per heavy atom. The zero-order valence-electron chi connectivity index (χ0n) is 14.9. The molecule has 0 nitrogen and oxygen atoms in total. The van der Waals surface area contributed by atoms with Gasteiger partial charge in [0.1, 0.15) is 0 Å². The predicted octanol–water partition coefficient (Wildman–Crippen LogP) is -0.642. The van der Waals surface area contributed by atoms with Crippen molar-refractivity contribution in [3.63, 3.8) is 0 Å². The molecule has 22 heavy (non-hydrogen) atoms. The van der Waals surface area contributed by atoms with E-state index in [9.17, 15) is 0 Å². The van der Waals surface area contributed by atoms with Crippen molar-refractivity contribution in [2.75, 3.05) is 0 Å². The summed E-state index contributed by atoms with van der Waals surface area (Å²) in [7, 11) is -1.51. The maximum atomic E-state index is 2.60. The van der Waals surface area contributed by atoms with Gasteiger partial charge in [0.15, 0.2) is 0 Å². The fraction of sp³-hybridized carbons (Fsp3) is 0.556. The molecular formula is C18H26Cl2HfSi. The molecule has 0 spiro atoms. The first kappa shape index (κ1) is 20.7. The van der Waals surface area contributed by atoms with Gasteiger partial charge in [0.05, 0.1) is 0 Å². The Hall–Kier alpha value is 0.627. The number of hydrogen-bond acceptors (Lipinski definition) is 0. The minimum absolute atomic E-state index is 0. The molecule has 0 N–H and O–H groups in total. The third-order valence-corrected chi connectivity index (χ3v) is 17.8. The summed E-state index contributed by atoms with van der Waals surface area (Å²) in [6.07, 6.45) is 0. The van der Waals surface area contributed by atoms with Gasteiger partial charge in [-0.2, -0.15) is 0 Å². The normalized spacial score (nSPS) is 28.7. The van der Waals surface area contributed by atoms with Crippen LogP contribution in [-0.2, 0) is 22.9 Å². The van der Waals surface area contributed by atoms with Crippen LogP contribution in [0.5, 0.6) is 0 Å². The van der Waals surface area contributed by atoms with Crippen molar-refractivity contribution in [3.05, 3.63) is 39.3 Å². The van der Waals surface area contributed by atoms with Gasteiger partial charge in [-0.3, -0.25) is 0 Å². The van der Waals surface area contributed by atoms with Crippen LogP contribution < -0.4 is 24.8 Å². The summed E-state index contributed by atoms with van der Waals surface area (Å²) in [5.74, 6) is 1.51. The number of fused-ring (bicyclic) bond motifs is 2. The van der Waals surface area contributed by atoms with Gasteiger partial charge in [-0.25, -0.2) is 0 Å². The van der Waals surface area contributed by atoms with E-state index in [4.69, 9.17) is 0 Å². The fourth-order valence-electron chi connectivity index (χ4n) is 4.97. The van der Waals surface area contributed by atoms with Crippen LogP contribution in [0.4, 0.5) is 0 Å². The molecule has 3 aliphatic rings. The summed E-state index contributed by atoms with van der Waals surface area (Å²) in [4.78, 5) is 0. The van der Waals surface area contributed by atoms with E-state index < -0.39 is 31.0 Å². The molecule has 2 unspecified atom stereocenters. The van der Waals surface area contributed by atoms with Gasteiger partial charge in [-0.05, 0) is 0 Å². The molecule has 0 saturated carbocycles. The van der Waals surface area contributed by atoms with Crippen LogP contribution in [0.1, 0.15) is 41.5 Å². The Balaban J connectivity index is 0.00000121. The number of allylic oxidation sites excluding steroid dienone is 8. The molecule has 1 aliphatic heterocycles. The van der Waals surface area contributed by atoms with Crippen molar-refractivity contribution in [3.8, 4) is 0 Å². The molecule has 0 aromatic heterocycles. The first-order valence-corrected chi connectivity index (χ1v) is 14.4. The zero-order valence-corrected chi connectivity index (χ0v) is 21.0. The van der Waals surface area contributed by atoms with Gasteiger partial charge in [0, 0.05) is 0 Å². The van der Waals surface area contributed by atoms with Gasteiger partial charge >= 0.3 is 137 Å². The van der Waals surface area contributed by atoms with Gasteiger partial charge in [-0.1, -0.05) is 0 Å². The molecule has 3 rings (SSSR count). The van der Waals surface area contributed by atoms with Gasteiger partial charge in [-0.15, -0.1) is 0 Å². The maximum absolute atomic E-state index is 2.60. The van der Waals surface area contributed by atoms with Crippen molar-refractivity contribution in [1.82, 2.24) is 0 Å². The van der Waals surface area contributed by atoms with E-state index in [2.05, 4.69) is 54.6 Å². The fourth-order valence-corrected chi connectivity index (χ4v) is 17.1. The van der Waals surface area contributed by atoms with E-state index in [1.165, 1.54) is 0 Å². The second-order valence-electron chi connectivity index (χ2n) is 7.39. The van der Waals surface area contributed by atoms with Crippen LogP contribution >= 0.6 is 0 Å². The van der Waals surface area contributed by atoms with Crippen LogP contribution in [0.2, 0.25) is 13.1 Å². The summed E-state index contributed by atoms with van der Waals surface area (Å²) in [5, 5.41) is 3.63. The van der Waals surface area contributed by atoms with Gasteiger partial charge in [0.2, 0.25) is 0 Å². The third-order valence-electron chi connectivity index (χ3n) is 6.03. The monoisotopic (exact) mass is 520 g/mol. The van der Waals surface area contributed by atoms with Crippen molar-refractivity contribution in [1.29, 1.82) is 0 Å². The summed E-state index contributed by atoms with van der Waals surface area (Å²) in [5.41, 5.74) is 6.91. The molecule has 0 aromatic carbocycles. The molecule has 0 saturated heterocycles. The van der Waals surface area contributed by atoms with Crippen LogP contribution in [0.15, 0.2) is 39.3 Å². The summed E-state index contributed by atoms with van der Waals surface area (Å²) < 4.78 is 3.82. The van der Waals surface area contributed by atoms with E-state index >= 15 is 0 Å². The van der Waals surface area contributed by atoms with E-state index in [0.717, 1.165) is 11.8 Å². The van der Waals surface area contributed by atoms with E-state index in [-0.39, 0.29) is 24.8 Å². The number of rotatable bonds is 0. The van der Waals surface area contributed by atoms with Crippen LogP contribution in [-0.4, -0.2) is 8.07 Å². The van der Waals surface area contributed by atoms with Crippen molar-refractivity contribution in [2.24, 2.45) is 11.8 Å². The summed E-state index contributed by atoms with van der Waals surface area (Å²) >= 11 is -0.823. The number of hydrogen-bond donors (Lipinski definition) is 0. The van der Waals surface area contributed by atoms with E-state index in [1.54, 1.807) is 22.3 Å². The zero-order chi connectivity index (χ0) is 15.0. The SMILES string of the molecule is CC1=[C]2[Hf+2][C]3=C(C)C(=C(C)C3C)[Si](C)(C)C1=C(C)C2C.[Cl-].[Cl-]. The second-order valence-corrected chi connectivity index (χ2v) is 16.4. The Morgan fingerprint density at radius 2 is 1.05 bits per heavy atom. The summed E-state index contributed by atoms with van der Waals surface area (Å²) in [6.45, 7) is 19.9. The molecular weight excluding hydrogens is 494 g/mol. The van der Waals surface area contributed by atoms with Crippen LogP contribution in [0.3, 0.4) is 0 Å². The Kier molecular flexibility index (Phi) is 6.11. The third kappa shape index (κ3) is 2.48. The molecule has 4 heteroatoms. The molecule has 1 heterocycles. The molecule has 120 valence electrons. The molecule has 0 fully saturated rings. The van der Waals surface area contributed by atoms with E-state index in [1.807, 2.05) is 17.1 Å². The van der Waals surface area contributed by atoms with Crippen molar-refractivity contribution in [2.45, 2.75) is 54.6 Å². The Bertz CT molecular complexity index is 596. The largest absolute Gasteiger partial charge is 1.00 e. The molecule has 2 aliphatic carbocycles. The molecule has 0 radical (unpaired) electrons. The van der Waals surface area contributed by atoms with Crippen molar-refractivity contribution >= 4 is 8.07 Å². The Morgan fingerprint density at radius 1 is 0.727 bits per heavy atom. The average molecular weight is 520 g/mol. The van der Waals surface area contributed by atoms with Crippen LogP contribution in [0.25, 0.3) is 0 Å². The quantitative estimate of drug-likeness (QED) is 0.374. The van der Waals surface area contributed by atoms with Gasteiger partial charge < -0.3 is 24.8 Å². The predicted molar refractivity (Wildman–Crippen MR) is 86.6 cm³/mol. The average Bonchev–Trinajstić information content (AvgIpc) is 2.70. The van der Waals surface area contributed by atoms with Crippen molar-refractivity contribution < 1.29 is 47.7 Å². The first-order chi connectivity index (χ1) is 9.19. The molecule has 2 atom stereocenters. The van der Waals surface area contributed by atoms with Crippen LogP contribution in [0, 0.1) is 11.8 Å². The topological polar surface area (TPSA) is 0 Å². The minimum Gasteiger partial charge on any atom is -1.00 e. The molecule has 4 bridgehead atoms. The smallest absolute Gasteiger partial charge is 1.00 e. The second kappa shape index (κ2) is 6.50. The Labute approximate surface area is 160 Å². The molecule has 0 aromatic rings. The minimum atomic E-state index is -1.51. The molecule has 0 amide bonds. The summed E-state index contributed by atoms with van der Waals surface area (Å²) in [6, 6.07) is 0. The maximum Gasteiger partial charge on any atom is -1.00 e. The van der Waals surface area contributed by atoms with Gasteiger partial charge in [0.25, 0.3) is 0 Å². The standard InChI is InChI=1S/C18H26Si.2ClH.Hf/c1-11-9-13(3)17(15(11)5)19(7,8)18-14(4)10-12(2)16(18)6;;;/h11-12H,1-8H3;2*1H;/q;;;+2/p-2. The first-order valence-electron chi connectivity index (χ1n) is 7.81.